The molecule has 1 rings (SSSR count). The Kier molecular flexibility index (Phi) is 7.30. The number of esters is 2. The van der Waals surface area contributed by atoms with Gasteiger partial charge in [0.1, 0.15) is 5.60 Å². The Bertz CT molecular complexity index is 425. The monoisotopic (exact) mass is 340 g/mol. The molecule has 0 aromatic carbocycles. The fraction of sp³-hybridized carbons (Fsp3) is 0.900. The minimum absolute atomic E-state index is 0.182. The Morgan fingerprint density at radius 1 is 1.00 bits per heavy atom. The molecular weight excluding hydrogens is 304 g/mol. The Morgan fingerprint density at radius 3 is 1.96 bits per heavy atom. The van der Waals surface area contributed by atoms with E-state index in [1.807, 2.05) is 20.8 Å². The van der Waals surface area contributed by atoms with Crippen LogP contribution < -0.4 is 0 Å². The maximum Gasteiger partial charge on any atom is 0.344 e. The first-order valence-corrected chi connectivity index (χ1v) is 9.35. The predicted octanol–water partition coefficient (Wildman–Crippen LogP) is 4.75. The number of hydrogen-bond donors (Lipinski definition) is 0. The molecule has 0 bridgehead atoms. The van der Waals surface area contributed by atoms with Crippen LogP contribution in [0, 0.1) is 23.2 Å². The minimum atomic E-state index is -0.511. The quantitative estimate of drug-likeness (QED) is 0.655. The van der Waals surface area contributed by atoms with Gasteiger partial charge in [0.05, 0.1) is 5.92 Å². The van der Waals surface area contributed by atoms with Crippen molar-refractivity contribution in [1.29, 1.82) is 0 Å². The standard InChI is InChI=1S/C20H36O4/c1-8-14(2)18(22)23-13-17(21)24-20(6,7)16-11-9-15(10-12-16)19(3,4)5/h14-16H,8-13H2,1-7H3. The molecule has 1 unspecified atom stereocenters. The van der Waals surface area contributed by atoms with Crippen LogP contribution in [-0.2, 0) is 19.1 Å². The van der Waals surface area contributed by atoms with Gasteiger partial charge >= 0.3 is 11.9 Å². The fourth-order valence-corrected chi connectivity index (χ4v) is 3.50. The normalized spacial score (nSPS) is 23.5. The summed E-state index contributed by atoms with van der Waals surface area (Å²) in [5.74, 6) is 0.132. The van der Waals surface area contributed by atoms with E-state index < -0.39 is 11.6 Å². The molecule has 0 saturated heterocycles. The molecule has 1 fully saturated rings. The summed E-state index contributed by atoms with van der Waals surface area (Å²) in [6.45, 7) is 14.3. The van der Waals surface area contributed by atoms with Crippen molar-refractivity contribution in [1.82, 2.24) is 0 Å². The van der Waals surface area contributed by atoms with Crippen LogP contribution in [0.25, 0.3) is 0 Å². The third kappa shape index (κ3) is 6.10. The largest absolute Gasteiger partial charge is 0.457 e. The van der Waals surface area contributed by atoms with E-state index in [2.05, 4.69) is 20.8 Å². The van der Waals surface area contributed by atoms with Crippen LogP contribution in [0.3, 0.4) is 0 Å². The van der Waals surface area contributed by atoms with Crippen molar-refractivity contribution >= 4 is 11.9 Å². The molecule has 0 aromatic rings. The van der Waals surface area contributed by atoms with Gasteiger partial charge in [-0.2, -0.15) is 0 Å². The van der Waals surface area contributed by atoms with E-state index in [0.29, 0.717) is 17.8 Å². The lowest BCUT2D eigenvalue weighted by Gasteiger charge is -2.42. The summed E-state index contributed by atoms with van der Waals surface area (Å²) in [5, 5.41) is 0. The number of carbonyl (C=O) groups excluding carboxylic acids is 2. The van der Waals surface area contributed by atoms with Gasteiger partial charge in [-0.3, -0.25) is 4.79 Å². The highest BCUT2D eigenvalue weighted by Gasteiger charge is 2.38. The molecule has 1 atom stereocenters. The lowest BCUT2D eigenvalue weighted by Crippen LogP contribution is -2.41. The van der Waals surface area contributed by atoms with Gasteiger partial charge in [-0.05, 0) is 63.2 Å². The van der Waals surface area contributed by atoms with Crippen LogP contribution in [-0.4, -0.2) is 24.1 Å². The first kappa shape index (κ1) is 21.0. The Hall–Kier alpha value is -1.06. The first-order chi connectivity index (χ1) is 11.0. The zero-order valence-corrected chi connectivity index (χ0v) is 16.6. The van der Waals surface area contributed by atoms with Crippen LogP contribution >= 0.6 is 0 Å². The molecule has 0 aromatic heterocycles. The van der Waals surface area contributed by atoms with Crippen molar-refractivity contribution in [3.63, 3.8) is 0 Å². The Balaban J connectivity index is 2.46. The van der Waals surface area contributed by atoms with Crippen molar-refractivity contribution in [3.8, 4) is 0 Å². The molecule has 1 aliphatic rings. The molecule has 4 heteroatoms. The lowest BCUT2D eigenvalue weighted by molar-refractivity contribution is -0.174. The van der Waals surface area contributed by atoms with Gasteiger partial charge in [-0.25, -0.2) is 4.79 Å². The van der Waals surface area contributed by atoms with Crippen molar-refractivity contribution in [2.45, 2.75) is 86.2 Å². The van der Waals surface area contributed by atoms with E-state index in [1.165, 1.54) is 12.8 Å². The predicted molar refractivity (Wildman–Crippen MR) is 95.5 cm³/mol. The molecule has 1 saturated carbocycles. The molecule has 0 aliphatic heterocycles. The van der Waals surface area contributed by atoms with Crippen LogP contribution in [0.2, 0.25) is 0 Å². The minimum Gasteiger partial charge on any atom is -0.457 e. The van der Waals surface area contributed by atoms with E-state index in [1.54, 1.807) is 6.92 Å². The van der Waals surface area contributed by atoms with Gasteiger partial charge in [0, 0.05) is 0 Å². The molecular formula is C20H36O4. The van der Waals surface area contributed by atoms with Gasteiger partial charge in [0.25, 0.3) is 0 Å². The average molecular weight is 341 g/mol. The van der Waals surface area contributed by atoms with Gasteiger partial charge in [0.2, 0.25) is 0 Å². The van der Waals surface area contributed by atoms with E-state index in [9.17, 15) is 9.59 Å². The molecule has 4 nitrogen and oxygen atoms in total. The third-order valence-corrected chi connectivity index (χ3v) is 5.66. The highest BCUT2D eigenvalue weighted by molar-refractivity contribution is 5.77. The van der Waals surface area contributed by atoms with Crippen molar-refractivity contribution in [2.24, 2.45) is 23.2 Å². The lowest BCUT2D eigenvalue weighted by atomic mass is 9.67. The zero-order valence-electron chi connectivity index (χ0n) is 16.6. The Morgan fingerprint density at radius 2 is 1.50 bits per heavy atom. The number of ether oxygens (including phenoxy) is 2. The summed E-state index contributed by atoms with van der Waals surface area (Å²) >= 11 is 0. The second kappa shape index (κ2) is 8.35. The molecule has 0 radical (unpaired) electrons. The molecule has 0 amide bonds. The van der Waals surface area contributed by atoms with E-state index in [0.717, 1.165) is 18.8 Å². The molecule has 1 aliphatic carbocycles. The number of carbonyl (C=O) groups is 2. The number of hydrogen-bond acceptors (Lipinski definition) is 4. The van der Waals surface area contributed by atoms with Crippen LogP contribution in [0.15, 0.2) is 0 Å². The highest BCUT2D eigenvalue weighted by Crippen LogP contribution is 2.43. The second-order valence-corrected chi connectivity index (χ2v) is 8.91. The van der Waals surface area contributed by atoms with Crippen molar-refractivity contribution in [3.05, 3.63) is 0 Å². The summed E-state index contributed by atoms with van der Waals surface area (Å²) in [7, 11) is 0. The van der Waals surface area contributed by atoms with E-state index in [-0.39, 0.29) is 18.5 Å². The fourth-order valence-electron chi connectivity index (χ4n) is 3.50. The van der Waals surface area contributed by atoms with Crippen LogP contribution in [0.1, 0.15) is 80.6 Å². The van der Waals surface area contributed by atoms with Crippen molar-refractivity contribution < 1.29 is 19.1 Å². The topological polar surface area (TPSA) is 52.6 Å². The maximum atomic E-state index is 12.0. The van der Waals surface area contributed by atoms with Gasteiger partial charge in [0.15, 0.2) is 6.61 Å². The second-order valence-electron chi connectivity index (χ2n) is 8.91. The summed E-state index contributed by atoms with van der Waals surface area (Å²) in [6, 6.07) is 0. The van der Waals surface area contributed by atoms with Gasteiger partial charge in [-0.15, -0.1) is 0 Å². The smallest absolute Gasteiger partial charge is 0.344 e. The molecule has 0 N–H and O–H groups in total. The molecule has 0 spiro atoms. The first-order valence-electron chi connectivity index (χ1n) is 9.35. The van der Waals surface area contributed by atoms with Gasteiger partial charge < -0.3 is 9.47 Å². The molecule has 140 valence electrons. The maximum absolute atomic E-state index is 12.0. The van der Waals surface area contributed by atoms with Gasteiger partial charge in [-0.1, -0.05) is 34.6 Å². The van der Waals surface area contributed by atoms with Crippen LogP contribution in [0.5, 0.6) is 0 Å². The highest BCUT2D eigenvalue weighted by atomic mass is 16.6. The SMILES string of the molecule is CCC(C)C(=O)OCC(=O)OC(C)(C)C1CCC(C(C)(C)C)CC1. The summed E-state index contributed by atoms with van der Waals surface area (Å²) in [5.41, 5.74) is -0.168. The van der Waals surface area contributed by atoms with E-state index >= 15 is 0 Å². The van der Waals surface area contributed by atoms with Crippen molar-refractivity contribution in [2.75, 3.05) is 6.61 Å². The third-order valence-electron chi connectivity index (χ3n) is 5.66. The number of rotatable bonds is 6. The summed E-state index contributed by atoms with van der Waals surface area (Å²) < 4.78 is 10.7. The summed E-state index contributed by atoms with van der Waals surface area (Å²) in [4.78, 5) is 23.7. The summed E-state index contributed by atoms with van der Waals surface area (Å²) in [6.07, 6.45) is 5.22. The van der Waals surface area contributed by atoms with Crippen LogP contribution in [0.4, 0.5) is 0 Å². The molecule has 24 heavy (non-hydrogen) atoms. The Labute approximate surface area is 147 Å². The molecule has 0 heterocycles. The average Bonchev–Trinajstić information content (AvgIpc) is 2.50. The zero-order chi connectivity index (χ0) is 18.5. The van der Waals surface area contributed by atoms with E-state index in [4.69, 9.17) is 9.47 Å².